The molecule has 0 unspecified atom stereocenters. The van der Waals surface area contributed by atoms with Gasteiger partial charge in [-0.25, -0.2) is 0 Å². The van der Waals surface area contributed by atoms with E-state index >= 15 is 0 Å². The van der Waals surface area contributed by atoms with Crippen molar-refractivity contribution in [2.45, 2.75) is 12.8 Å². The maximum absolute atomic E-state index is 11.0. The topological polar surface area (TPSA) is 64.9 Å². The van der Waals surface area contributed by atoms with Gasteiger partial charge in [0.2, 0.25) is 5.91 Å². The van der Waals surface area contributed by atoms with E-state index in [0.29, 0.717) is 25.9 Å². The number of nitrogens with one attached hydrogen (secondary N) is 2. The van der Waals surface area contributed by atoms with E-state index in [4.69, 9.17) is 11.7 Å². The molecule has 70 valence electrons. The molecule has 2 N–H and O–H groups in total. The first-order valence-corrected chi connectivity index (χ1v) is 4.09. The zero-order chi connectivity index (χ0) is 9.94. The normalized spacial score (nSPS) is 8.46. The van der Waals surface area contributed by atoms with Crippen LogP contribution in [0.5, 0.6) is 0 Å². The number of hydrogen-bond acceptors (Lipinski definition) is 3. The molecule has 13 heavy (non-hydrogen) atoms. The van der Waals surface area contributed by atoms with Gasteiger partial charge in [0.15, 0.2) is 0 Å². The lowest BCUT2D eigenvalue weighted by molar-refractivity contribution is -0.120. The highest BCUT2D eigenvalue weighted by Gasteiger charge is 1.97. The maximum Gasteiger partial charge on any atom is 0.233 e. The van der Waals surface area contributed by atoms with Crippen molar-refractivity contribution in [2.75, 3.05) is 19.6 Å². The maximum atomic E-state index is 11.0. The van der Waals surface area contributed by atoms with Crippen molar-refractivity contribution in [3.05, 3.63) is 0 Å². The summed E-state index contributed by atoms with van der Waals surface area (Å²) >= 11 is 0. The number of nitriles is 1. The Kier molecular flexibility index (Phi) is 7.57. The quantitative estimate of drug-likeness (QED) is 0.432. The first-order valence-electron chi connectivity index (χ1n) is 4.09. The van der Waals surface area contributed by atoms with Crippen molar-refractivity contribution in [3.8, 4) is 18.4 Å². The van der Waals surface area contributed by atoms with Crippen molar-refractivity contribution in [1.82, 2.24) is 10.6 Å². The Morgan fingerprint density at radius 2 is 2.31 bits per heavy atom. The van der Waals surface area contributed by atoms with E-state index in [1.54, 1.807) is 0 Å². The van der Waals surface area contributed by atoms with Crippen LogP contribution in [0.2, 0.25) is 0 Å². The third-order valence-corrected chi connectivity index (χ3v) is 1.30. The second kappa shape index (κ2) is 8.58. The Morgan fingerprint density at radius 1 is 1.54 bits per heavy atom. The van der Waals surface area contributed by atoms with Gasteiger partial charge in [-0.1, -0.05) is 5.92 Å². The smallest absolute Gasteiger partial charge is 0.233 e. The summed E-state index contributed by atoms with van der Waals surface area (Å²) in [6.07, 6.45) is 6.14. The van der Waals surface area contributed by atoms with E-state index in [-0.39, 0.29) is 12.5 Å². The van der Waals surface area contributed by atoms with Gasteiger partial charge in [-0.15, -0.1) is 6.42 Å². The molecule has 0 rings (SSSR count). The highest BCUT2D eigenvalue weighted by atomic mass is 16.1. The van der Waals surface area contributed by atoms with E-state index < -0.39 is 0 Å². The number of carbonyl (C=O) groups is 1. The van der Waals surface area contributed by atoms with Gasteiger partial charge >= 0.3 is 0 Å². The van der Waals surface area contributed by atoms with E-state index in [9.17, 15) is 4.79 Å². The van der Waals surface area contributed by atoms with E-state index in [1.807, 2.05) is 6.07 Å². The number of hydrogen-bond donors (Lipinski definition) is 2. The molecule has 0 atom stereocenters. The zero-order valence-corrected chi connectivity index (χ0v) is 7.47. The highest BCUT2D eigenvalue weighted by molar-refractivity contribution is 5.77. The fourth-order valence-electron chi connectivity index (χ4n) is 0.706. The van der Waals surface area contributed by atoms with E-state index in [2.05, 4.69) is 16.6 Å². The summed E-state index contributed by atoms with van der Waals surface area (Å²) in [5, 5.41) is 13.6. The van der Waals surface area contributed by atoms with E-state index in [1.165, 1.54) is 0 Å². The van der Waals surface area contributed by atoms with Crippen LogP contribution in [0.3, 0.4) is 0 Å². The SMILES string of the molecule is C#CCNCC(=O)NCCCC#N. The predicted octanol–water partition coefficient (Wildman–Crippen LogP) is -0.371. The molecule has 0 saturated carbocycles. The van der Waals surface area contributed by atoms with Gasteiger partial charge < -0.3 is 5.32 Å². The molecule has 0 bridgehead atoms. The van der Waals surface area contributed by atoms with Crippen LogP contribution < -0.4 is 10.6 Å². The summed E-state index contributed by atoms with van der Waals surface area (Å²) < 4.78 is 0. The largest absolute Gasteiger partial charge is 0.355 e. The number of nitrogens with zero attached hydrogens (tertiary/aromatic N) is 1. The second-order valence-corrected chi connectivity index (χ2v) is 2.42. The Hall–Kier alpha value is -1.52. The number of terminal acetylenes is 1. The molecule has 1 amide bonds. The van der Waals surface area contributed by atoms with Gasteiger partial charge in [0.05, 0.1) is 19.2 Å². The van der Waals surface area contributed by atoms with Gasteiger partial charge in [-0.2, -0.15) is 5.26 Å². The van der Waals surface area contributed by atoms with Crippen LogP contribution in [0.25, 0.3) is 0 Å². The lowest BCUT2D eigenvalue weighted by Crippen LogP contribution is -2.34. The molecule has 0 aromatic carbocycles. The molecule has 0 heterocycles. The standard InChI is InChI=1S/C9H13N3O/c1-2-6-11-8-9(13)12-7-4-3-5-10/h1,11H,3-4,6-8H2,(H,12,13). The number of unbranched alkanes of at least 4 members (excludes halogenated alkanes) is 1. The van der Waals surface area contributed by atoms with Crippen LogP contribution >= 0.6 is 0 Å². The Labute approximate surface area is 78.3 Å². The van der Waals surface area contributed by atoms with Crippen molar-refractivity contribution >= 4 is 5.91 Å². The summed E-state index contributed by atoms with van der Waals surface area (Å²) in [6.45, 7) is 1.17. The summed E-state index contributed by atoms with van der Waals surface area (Å²) in [5.74, 6) is 2.28. The lowest BCUT2D eigenvalue weighted by Gasteiger charge is -2.02. The fraction of sp³-hybridized carbons (Fsp3) is 0.556. The average Bonchev–Trinajstić information content (AvgIpc) is 2.13. The van der Waals surface area contributed by atoms with Gasteiger partial charge in [-0.05, 0) is 6.42 Å². The number of rotatable bonds is 6. The number of carbonyl (C=O) groups excluding carboxylic acids is 1. The van der Waals surface area contributed by atoms with Crippen LogP contribution in [-0.4, -0.2) is 25.5 Å². The van der Waals surface area contributed by atoms with Crippen molar-refractivity contribution in [2.24, 2.45) is 0 Å². The van der Waals surface area contributed by atoms with Gasteiger partial charge in [-0.3, -0.25) is 10.1 Å². The molecule has 0 aromatic rings. The first-order chi connectivity index (χ1) is 6.31. The summed E-state index contributed by atoms with van der Waals surface area (Å²) in [5.41, 5.74) is 0. The molecule has 0 fully saturated rings. The molecule has 4 heteroatoms. The molecule has 0 aliphatic carbocycles. The molecule has 0 saturated heterocycles. The first kappa shape index (κ1) is 11.5. The fourth-order valence-corrected chi connectivity index (χ4v) is 0.706. The average molecular weight is 179 g/mol. The van der Waals surface area contributed by atoms with Crippen LogP contribution in [-0.2, 0) is 4.79 Å². The van der Waals surface area contributed by atoms with Crippen molar-refractivity contribution < 1.29 is 4.79 Å². The third kappa shape index (κ3) is 8.39. The van der Waals surface area contributed by atoms with Crippen molar-refractivity contribution in [1.29, 1.82) is 5.26 Å². The molecular weight excluding hydrogens is 166 g/mol. The van der Waals surface area contributed by atoms with Crippen molar-refractivity contribution in [3.63, 3.8) is 0 Å². The van der Waals surface area contributed by atoms with Gasteiger partial charge in [0, 0.05) is 13.0 Å². The van der Waals surface area contributed by atoms with Gasteiger partial charge in [0.1, 0.15) is 0 Å². The summed E-state index contributed by atoms with van der Waals surface area (Å²) in [6, 6.07) is 2.00. The monoisotopic (exact) mass is 179 g/mol. The molecule has 4 nitrogen and oxygen atoms in total. The third-order valence-electron chi connectivity index (χ3n) is 1.30. The predicted molar refractivity (Wildman–Crippen MR) is 49.6 cm³/mol. The molecule has 0 aliphatic heterocycles. The van der Waals surface area contributed by atoms with E-state index in [0.717, 1.165) is 0 Å². The Balaban J connectivity index is 3.22. The van der Waals surface area contributed by atoms with Crippen LogP contribution in [0.4, 0.5) is 0 Å². The lowest BCUT2D eigenvalue weighted by atomic mass is 10.3. The van der Waals surface area contributed by atoms with Gasteiger partial charge in [0.25, 0.3) is 0 Å². The summed E-state index contributed by atoms with van der Waals surface area (Å²) in [7, 11) is 0. The zero-order valence-electron chi connectivity index (χ0n) is 7.47. The molecule has 0 aromatic heterocycles. The molecule has 0 aliphatic rings. The van der Waals surface area contributed by atoms with Crippen LogP contribution in [0.1, 0.15) is 12.8 Å². The van der Waals surface area contributed by atoms with Crippen LogP contribution in [0, 0.1) is 23.7 Å². The minimum atomic E-state index is -0.0896. The molecule has 0 spiro atoms. The minimum absolute atomic E-state index is 0.0896. The highest BCUT2D eigenvalue weighted by Crippen LogP contribution is 1.81. The summed E-state index contributed by atoms with van der Waals surface area (Å²) in [4.78, 5) is 11.0. The minimum Gasteiger partial charge on any atom is -0.355 e. The molecular formula is C9H13N3O. The van der Waals surface area contributed by atoms with Crippen LogP contribution in [0.15, 0.2) is 0 Å². The second-order valence-electron chi connectivity index (χ2n) is 2.42. The molecule has 0 radical (unpaired) electrons. The number of amides is 1. The Bertz CT molecular complexity index is 224. The Morgan fingerprint density at radius 3 is 2.92 bits per heavy atom.